The molecule has 21 heavy (non-hydrogen) atoms. The Labute approximate surface area is 131 Å². The van der Waals surface area contributed by atoms with E-state index in [4.69, 9.17) is 5.73 Å². The lowest BCUT2D eigenvalue weighted by atomic mass is 9.74. The number of aromatic nitrogens is 2. The van der Waals surface area contributed by atoms with E-state index in [0.717, 1.165) is 17.8 Å². The van der Waals surface area contributed by atoms with Crippen molar-refractivity contribution in [2.24, 2.45) is 11.1 Å². The van der Waals surface area contributed by atoms with Gasteiger partial charge in [0.15, 0.2) is 0 Å². The van der Waals surface area contributed by atoms with Crippen molar-refractivity contribution >= 4 is 11.3 Å². The molecule has 3 rings (SSSR count). The number of aryl methyl sites for hydroxylation is 1. The second kappa shape index (κ2) is 4.68. The molecule has 0 fully saturated rings. The summed E-state index contributed by atoms with van der Waals surface area (Å²) in [6, 6.07) is 2.43. The smallest absolute Gasteiger partial charge is 0.118 e. The minimum absolute atomic E-state index is 0.126. The van der Waals surface area contributed by atoms with Gasteiger partial charge in [-0.15, -0.1) is 11.3 Å². The van der Waals surface area contributed by atoms with Crippen LogP contribution in [0.3, 0.4) is 0 Å². The molecule has 0 aliphatic heterocycles. The van der Waals surface area contributed by atoms with Gasteiger partial charge >= 0.3 is 0 Å². The van der Waals surface area contributed by atoms with Gasteiger partial charge in [-0.3, -0.25) is 0 Å². The Bertz CT molecular complexity index is 650. The van der Waals surface area contributed by atoms with E-state index in [1.165, 1.54) is 17.0 Å². The van der Waals surface area contributed by atoms with Crippen molar-refractivity contribution in [2.45, 2.75) is 59.0 Å². The van der Waals surface area contributed by atoms with E-state index in [2.05, 4.69) is 55.6 Å². The summed E-state index contributed by atoms with van der Waals surface area (Å²) in [5.74, 6) is 0. The molecule has 0 radical (unpaired) electrons. The lowest BCUT2D eigenvalue weighted by Gasteiger charge is -2.37. The SMILES string of the molecule is Cc1cc2c(n1C(C)(C)c1nccs1)CC(C)(C)CC2N. The molecule has 2 heterocycles. The molecule has 0 bridgehead atoms. The van der Waals surface area contributed by atoms with Crippen LogP contribution >= 0.6 is 11.3 Å². The molecule has 1 unspecified atom stereocenters. The maximum Gasteiger partial charge on any atom is 0.118 e. The molecule has 2 aromatic rings. The average Bonchev–Trinajstić information content (AvgIpc) is 2.95. The maximum atomic E-state index is 6.44. The first-order valence-electron chi connectivity index (χ1n) is 7.59. The highest BCUT2D eigenvalue weighted by atomic mass is 32.1. The molecule has 0 aromatic carbocycles. The number of hydrogen-bond acceptors (Lipinski definition) is 3. The largest absolute Gasteiger partial charge is 0.337 e. The third-order valence-electron chi connectivity index (χ3n) is 4.65. The monoisotopic (exact) mass is 303 g/mol. The van der Waals surface area contributed by atoms with Crippen LogP contribution in [0, 0.1) is 12.3 Å². The van der Waals surface area contributed by atoms with Gasteiger partial charge in [0.1, 0.15) is 5.01 Å². The summed E-state index contributed by atoms with van der Waals surface area (Å²) >= 11 is 1.72. The molecule has 114 valence electrons. The van der Waals surface area contributed by atoms with Crippen LogP contribution in [0.1, 0.15) is 62.1 Å². The Kier molecular flexibility index (Phi) is 3.30. The quantitative estimate of drug-likeness (QED) is 0.911. The molecule has 0 spiro atoms. The van der Waals surface area contributed by atoms with Crippen molar-refractivity contribution in [3.05, 3.63) is 39.6 Å². The standard InChI is InChI=1S/C17H25N3S/c1-11-8-12-13(18)9-16(2,3)10-14(12)20(11)17(4,5)15-19-6-7-21-15/h6-8,13H,9-10,18H2,1-5H3. The van der Waals surface area contributed by atoms with E-state index in [1.807, 2.05) is 6.20 Å². The zero-order valence-corrected chi connectivity index (χ0v) is 14.4. The van der Waals surface area contributed by atoms with Gasteiger partial charge in [-0.2, -0.15) is 0 Å². The van der Waals surface area contributed by atoms with Gasteiger partial charge in [-0.05, 0) is 50.7 Å². The second-order valence-electron chi connectivity index (χ2n) is 7.57. The van der Waals surface area contributed by atoms with E-state index < -0.39 is 0 Å². The Morgan fingerprint density at radius 2 is 2.14 bits per heavy atom. The Hall–Kier alpha value is -1.13. The molecular weight excluding hydrogens is 278 g/mol. The van der Waals surface area contributed by atoms with Gasteiger partial charge in [0.2, 0.25) is 0 Å². The van der Waals surface area contributed by atoms with Crippen LogP contribution in [0.15, 0.2) is 17.6 Å². The Balaban J connectivity index is 2.17. The fourth-order valence-electron chi connectivity index (χ4n) is 3.85. The first kappa shape index (κ1) is 14.8. The first-order chi connectivity index (χ1) is 9.72. The van der Waals surface area contributed by atoms with E-state index >= 15 is 0 Å². The molecule has 0 saturated carbocycles. The summed E-state index contributed by atoms with van der Waals surface area (Å²) in [5, 5.41) is 3.21. The van der Waals surface area contributed by atoms with Crippen LogP contribution in [-0.2, 0) is 12.0 Å². The van der Waals surface area contributed by atoms with Crippen LogP contribution in [0.2, 0.25) is 0 Å². The Morgan fingerprint density at radius 1 is 1.43 bits per heavy atom. The lowest BCUT2D eigenvalue weighted by Crippen LogP contribution is -2.35. The highest BCUT2D eigenvalue weighted by Gasteiger charge is 2.37. The molecule has 1 aliphatic rings. The molecule has 1 aliphatic carbocycles. The van der Waals surface area contributed by atoms with Gasteiger partial charge in [0.05, 0.1) is 5.54 Å². The number of fused-ring (bicyclic) bond motifs is 1. The minimum atomic E-state index is -0.126. The summed E-state index contributed by atoms with van der Waals surface area (Å²) in [6.07, 6.45) is 4.03. The van der Waals surface area contributed by atoms with Crippen molar-refractivity contribution in [1.82, 2.24) is 9.55 Å². The van der Waals surface area contributed by atoms with Crippen LogP contribution < -0.4 is 5.73 Å². The molecule has 1 atom stereocenters. The summed E-state index contributed by atoms with van der Waals surface area (Å²) in [7, 11) is 0. The minimum Gasteiger partial charge on any atom is -0.337 e. The van der Waals surface area contributed by atoms with Gasteiger partial charge in [-0.25, -0.2) is 4.98 Å². The van der Waals surface area contributed by atoms with Crippen molar-refractivity contribution in [1.29, 1.82) is 0 Å². The van der Waals surface area contributed by atoms with Gasteiger partial charge in [0.25, 0.3) is 0 Å². The summed E-state index contributed by atoms with van der Waals surface area (Å²) in [5.41, 5.74) is 10.6. The maximum absolute atomic E-state index is 6.44. The number of rotatable bonds is 2. The van der Waals surface area contributed by atoms with Crippen LogP contribution in [0.4, 0.5) is 0 Å². The summed E-state index contributed by atoms with van der Waals surface area (Å²) < 4.78 is 2.46. The third kappa shape index (κ3) is 2.34. The number of hydrogen-bond donors (Lipinski definition) is 1. The fourth-order valence-corrected chi connectivity index (χ4v) is 4.60. The van der Waals surface area contributed by atoms with Crippen molar-refractivity contribution in [3.63, 3.8) is 0 Å². The Morgan fingerprint density at radius 3 is 2.76 bits per heavy atom. The predicted octanol–water partition coefficient (Wildman–Crippen LogP) is 4.01. The van der Waals surface area contributed by atoms with Crippen molar-refractivity contribution in [3.8, 4) is 0 Å². The highest BCUT2D eigenvalue weighted by Crippen LogP contribution is 2.43. The van der Waals surface area contributed by atoms with Crippen LogP contribution in [0.25, 0.3) is 0 Å². The average molecular weight is 303 g/mol. The van der Waals surface area contributed by atoms with E-state index in [1.54, 1.807) is 11.3 Å². The normalized spacial score (nSPS) is 21.3. The van der Waals surface area contributed by atoms with Crippen molar-refractivity contribution in [2.75, 3.05) is 0 Å². The second-order valence-corrected chi connectivity index (χ2v) is 8.47. The predicted molar refractivity (Wildman–Crippen MR) is 88.7 cm³/mol. The van der Waals surface area contributed by atoms with Crippen LogP contribution in [-0.4, -0.2) is 9.55 Å². The van der Waals surface area contributed by atoms with E-state index in [-0.39, 0.29) is 17.0 Å². The van der Waals surface area contributed by atoms with Gasteiger partial charge < -0.3 is 10.3 Å². The van der Waals surface area contributed by atoms with Gasteiger partial charge in [-0.1, -0.05) is 13.8 Å². The lowest BCUT2D eigenvalue weighted by molar-refractivity contribution is 0.266. The highest BCUT2D eigenvalue weighted by molar-refractivity contribution is 7.09. The first-order valence-corrected chi connectivity index (χ1v) is 8.47. The van der Waals surface area contributed by atoms with E-state index in [0.29, 0.717) is 0 Å². The van der Waals surface area contributed by atoms with Gasteiger partial charge in [0, 0.05) is 29.0 Å². The molecule has 0 amide bonds. The molecular formula is C17H25N3S. The third-order valence-corrected chi connectivity index (χ3v) is 5.74. The number of nitrogens with zero attached hydrogens (tertiary/aromatic N) is 2. The molecule has 4 heteroatoms. The topological polar surface area (TPSA) is 43.8 Å². The number of nitrogens with two attached hydrogens (primary N) is 1. The van der Waals surface area contributed by atoms with Crippen LogP contribution in [0.5, 0.6) is 0 Å². The summed E-state index contributed by atoms with van der Waals surface area (Å²) in [6.45, 7) is 11.3. The van der Waals surface area contributed by atoms with E-state index in [9.17, 15) is 0 Å². The zero-order valence-electron chi connectivity index (χ0n) is 13.6. The fraction of sp³-hybridized carbons (Fsp3) is 0.588. The molecule has 0 saturated heterocycles. The molecule has 2 aromatic heterocycles. The zero-order chi connectivity index (χ0) is 15.4. The van der Waals surface area contributed by atoms with Crippen molar-refractivity contribution < 1.29 is 0 Å². The number of thiazole rings is 1. The summed E-state index contributed by atoms with van der Waals surface area (Å²) in [4.78, 5) is 4.56. The molecule has 2 N–H and O–H groups in total. The molecule has 3 nitrogen and oxygen atoms in total.